The van der Waals surface area contributed by atoms with Crippen LogP contribution in [0.4, 0.5) is 0 Å². The molecule has 0 fully saturated rings. The second-order valence-electron chi connectivity index (χ2n) is 4.66. The first-order valence-corrected chi connectivity index (χ1v) is 5.99. The summed E-state index contributed by atoms with van der Waals surface area (Å²) in [7, 11) is 1.96. The lowest BCUT2D eigenvalue weighted by molar-refractivity contribution is -0.121. The molecule has 0 aromatic carbocycles. The Bertz CT molecular complexity index is 359. The Morgan fingerprint density at radius 1 is 1.59 bits per heavy atom. The lowest BCUT2D eigenvalue weighted by Gasteiger charge is -2.22. The van der Waals surface area contributed by atoms with E-state index in [1.54, 1.807) is 6.33 Å². The summed E-state index contributed by atoms with van der Waals surface area (Å²) in [6, 6.07) is 0.129. The van der Waals surface area contributed by atoms with E-state index in [1.165, 1.54) is 0 Å². The number of rotatable bonds is 6. The topological polar surface area (TPSA) is 72.9 Å². The fourth-order valence-electron chi connectivity index (χ4n) is 1.67. The fourth-order valence-corrected chi connectivity index (χ4v) is 1.67. The molecule has 5 nitrogen and oxygen atoms in total. The van der Waals surface area contributed by atoms with Gasteiger partial charge in [0.1, 0.15) is 0 Å². The Morgan fingerprint density at radius 2 is 2.29 bits per heavy atom. The van der Waals surface area contributed by atoms with Crippen LogP contribution < -0.4 is 11.1 Å². The molecule has 96 valence electrons. The Hall–Kier alpha value is -1.36. The van der Waals surface area contributed by atoms with E-state index in [0.29, 0.717) is 18.9 Å². The zero-order valence-electron chi connectivity index (χ0n) is 10.8. The molecule has 1 atom stereocenters. The Morgan fingerprint density at radius 3 is 2.76 bits per heavy atom. The molecule has 0 aliphatic rings. The smallest absolute Gasteiger partial charge is 0.221 e. The number of hydrogen-bond donors (Lipinski definition) is 2. The van der Waals surface area contributed by atoms with E-state index in [1.807, 2.05) is 17.8 Å². The van der Waals surface area contributed by atoms with Crippen molar-refractivity contribution in [2.24, 2.45) is 18.7 Å². The van der Waals surface area contributed by atoms with Crippen LogP contribution in [0, 0.1) is 5.92 Å². The lowest BCUT2D eigenvalue weighted by Crippen LogP contribution is -2.41. The highest BCUT2D eigenvalue weighted by atomic mass is 16.1. The van der Waals surface area contributed by atoms with Crippen molar-refractivity contribution in [1.29, 1.82) is 0 Å². The predicted octanol–water partition coefficient (Wildman–Crippen LogP) is 0.452. The Kier molecular flexibility index (Phi) is 5.15. The summed E-state index contributed by atoms with van der Waals surface area (Å²) >= 11 is 0. The normalized spacial score (nSPS) is 12.8. The van der Waals surface area contributed by atoms with Gasteiger partial charge in [-0.3, -0.25) is 4.79 Å². The number of carbonyl (C=O) groups is 1. The van der Waals surface area contributed by atoms with Crippen molar-refractivity contribution in [1.82, 2.24) is 14.9 Å². The molecule has 17 heavy (non-hydrogen) atoms. The van der Waals surface area contributed by atoms with Gasteiger partial charge in [-0.1, -0.05) is 13.8 Å². The predicted molar refractivity (Wildman–Crippen MR) is 67.4 cm³/mol. The third-order valence-corrected chi connectivity index (χ3v) is 2.87. The SMILES string of the molecule is CC(C)[C@H](Cc1cncn1C)NC(=O)CCN. The minimum absolute atomic E-state index is 0.0216. The number of hydrogen-bond acceptors (Lipinski definition) is 3. The molecule has 0 spiro atoms. The number of aromatic nitrogens is 2. The average molecular weight is 238 g/mol. The molecule has 1 rings (SSSR count). The summed E-state index contributed by atoms with van der Waals surface area (Å²) in [5, 5.41) is 3.02. The molecule has 0 saturated heterocycles. The van der Waals surface area contributed by atoms with E-state index < -0.39 is 0 Å². The molecule has 0 aliphatic heterocycles. The molecule has 0 radical (unpaired) electrons. The van der Waals surface area contributed by atoms with Crippen molar-refractivity contribution in [3.05, 3.63) is 18.2 Å². The molecular formula is C12H22N4O. The van der Waals surface area contributed by atoms with Crippen molar-refractivity contribution in [2.45, 2.75) is 32.7 Å². The molecule has 0 unspecified atom stereocenters. The first-order valence-electron chi connectivity index (χ1n) is 5.99. The van der Waals surface area contributed by atoms with Crippen LogP contribution in [-0.4, -0.2) is 28.0 Å². The van der Waals surface area contributed by atoms with Gasteiger partial charge in [0.25, 0.3) is 0 Å². The molecule has 1 heterocycles. The van der Waals surface area contributed by atoms with E-state index >= 15 is 0 Å². The lowest BCUT2D eigenvalue weighted by atomic mass is 9.99. The third-order valence-electron chi connectivity index (χ3n) is 2.87. The van der Waals surface area contributed by atoms with E-state index in [9.17, 15) is 4.79 Å². The minimum atomic E-state index is 0.0216. The Balaban J connectivity index is 2.61. The van der Waals surface area contributed by atoms with Gasteiger partial charge in [-0.2, -0.15) is 0 Å². The van der Waals surface area contributed by atoms with Crippen LogP contribution in [0.15, 0.2) is 12.5 Å². The first kappa shape index (κ1) is 13.7. The third kappa shape index (κ3) is 4.19. The van der Waals surface area contributed by atoms with Gasteiger partial charge < -0.3 is 15.6 Å². The maximum absolute atomic E-state index is 11.6. The summed E-state index contributed by atoms with van der Waals surface area (Å²) in [6.45, 7) is 4.59. The van der Waals surface area contributed by atoms with Crippen LogP contribution in [0.5, 0.6) is 0 Å². The highest BCUT2D eigenvalue weighted by molar-refractivity contribution is 5.76. The van der Waals surface area contributed by atoms with Crippen molar-refractivity contribution in [3.63, 3.8) is 0 Å². The van der Waals surface area contributed by atoms with Crippen LogP contribution in [-0.2, 0) is 18.3 Å². The summed E-state index contributed by atoms with van der Waals surface area (Å²) in [5.41, 5.74) is 6.49. The number of nitrogens with zero attached hydrogens (tertiary/aromatic N) is 2. The summed E-state index contributed by atoms with van der Waals surface area (Å²) in [6.07, 6.45) is 4.79. The van der Waals surface area contributed by atoms with Crippen LogP contribution in [0.3, 0.4) is 0 Å². The monoisotopic (exact) mass is 238 g/mol. The van der Waals surface area contributed by atoms with Gasteiger partial charge in [0.15, 0.2) is 0 Å². The maximum atomic E-state index is 11.6. The molecule has 0 bridgehead atoms. The number of aryl methyl sites for hydroxylation is 1. The van der Waals surface area contributed by atoms with Gasteiger partial charge in [-0.15, -0.1) is 0 Å². The van der Waals surface area contributed by atoms with E-state index in [-0.39, 0.29) is 11.9 Å². The second kappa shape index (κ2) is 6.39. The van der Waals surface area contributed by atoms with E-state index in [4.69, 9.17) is 5.73 Å². The van der Waals surface area contributed by atoms with E-state index in [2.05, 4.69) is 24.1 Å². The maximum Gasteiger partial charge on any atom is 0.221 e. The zero-order chi connectivity index (χ0) is 12.8. The molecule has 5 heteroatoms. The Labute approximate surface area is 102 Å². The van der Waals surface area contributed by atoms with Crippen molar-refractivity contribution < 1.29 is 4.79 Å². The zero-order valence-corrected chi connectivity index (χ0v) is 10.8. The van der Waals surface area contributed by atoms with E-state index in [0.717, 1.165) is 12.1 Å². The number of carbonyl (C=O) groups excluding carboxylic acids is 1. The highest BCUT2D eigenvalue weighted by Crippen LogP contribution is 2.09. The molecule has 1 aromatic heterocycles. The van der Waals surface area contributed by atoms with Crippen molar-refractivity contribution in [2.75, 3.05) is 6.54 Å². The molecule has 1 aromatic rings. The first-order chi connectivity index (χ1) is 8.04. The van der Waals surface area contributed by atoms with Gasteiger partial charge in [0, 0.05) is 44.4 Å². The quantitative estimate of drug-likeness (QED) is 0.756. The van der Waals surface area contributed by atoms with Crippen molar-refractivity contribution in [3.8, 4) is 0 Å². The second-order valence-corrected chi connectivity index (χ2v) is 4.66. The molecule has 0 saturated carbocycles. The minimum Gasteiger partial charge on any atom is -0.353 e. The van der Waals surface area contributed by atoms with Gasteiger partial charge in [-0.05, 0) is 5.92 Å². The molecule has 0 aliphatic carbocycles. The number of imidazole rings is 1. The van der Waals surface area contributed by atoms with Crippen LogP contribution in [0.25, 0.3) is 0 Å². The van der Waals surface area contributed by atoms with Crippen LogP contribution in [0.2, 0.25) is 0 Å². The van der Waals surface area contributed by atoms with Gasteiger partial charge in [-0.25, -0.2) is 4.98 Å². The largest absolute Gasteiger partial charge is 0.353 e. The van der Waals surface area contributed by atoms with Gasteiger partial charge >= 0.3 is 0 Å². The fraction of sp³-hybridized carbons (Fsp3) is 0.667. The van der Waals surface area contributed by atoms with Gasteiger partial charge in [0.2, 0.25) is 5.91 Å². The van der Waals surface area contributed by atoms with Gasteiger partial charge in [0.05, 0.1) is 6.33 Å². The van der Waals surface area contributed by atoms with Crippen molar-refractivity contribution >= 4 is 5.91 Å². The standard InChI is InChI=1S/C12H22N4O/c1-9(2)11(15-12(17)4-5-13)6-10-7-14-8-16(10)3/h7-9,11H,4-6,13H2,1-3H3,(H,15,17)/t11-/m0/s1. The molecule has 3 N–H and O–H groups in total. The average Bonchev–Trinajstić information content (AvgIpc) is 2.63. The highest BCUT2D eigenvalue weighted by Gasteiger charge is 2.17. The molecular weight excluding hydrogens is 216 g/mol. The molecule has 1 amide bonds. The summed E-state index contributed by atoms with van der Waals surface area (Å²) in [4.78, 5) is 15.6. The number of amides is 1. The van der Waals surface area contributed by atoms with Crippen LogP contribution in [0.1, 0.15) is 26.0 Å². The number of nitrogens with one attached hydrogen (secondary N) is 1. The summed E-state index contributed by atoms with van der Waals surface area (Å²) < 4.78 is 1.98. The number of nitrogens with two attached hydrogens (primary N) is 1. The van der Waals surface area contributed by atoms with Crippen LogP contribution >= 0.6 is 0 Å². The summed E-state index contributed by atoms with van der Waals surface area (Å²) in [5.74, 6) is 0.403.